The molecule has 1 atom stereocenters. The first-order chi connectivity index (χ1) is 19.1. The molecule has 7 rings (SSSR count). The molecule has 1 fully saturated rings. The van der Waals surface area contributed by atoms with E-state index in [1.54, 1.807) is 0 Å². The van der Waals surface area contributed by atoms with E-state index >= 15 is 0 Å². The smallest absolute Gasteiger partial charge is 0.228 e. The van der Waals surface area contributed by atoms with Crippen molar-refractivity contribution >= 4 is 22.7 Å². The van der Waals surface area contributed by atoms with Crippen molar-refractivity contribution in [2.24, 2.45) is 7.05 Å². The molecule has 5 aromatic rings. The molecule has 2 aromatic carbocycles. The Kier molecular flexibility index (Phi) is 5.81. The van der Waals surface area contributed by atoms with Crippen LogP contribution in [0.15, 0.2) is 59.3 Å². The van der Waals surface area contributed by atoms with Gasteiger partial charge in [0, 0.05) is 31.1 Å². The van der Waals surface area contributed by atoms with Crippen molar-refractivity contribution in [3.05, 3.63) is 83.0 Å². The molecule has 0 N–H and O–H groups in total. The minimum atomic E-state index is 0.0543. The summed E-state index contributed by atoms with van der Waals surface area (Å²) in [6.07, 6.45) is 2.91. The molecule has 39 heavy (non-hydrogen) atoms. The number of rotatable bonds is 4. The van der Waals surface area contributed by atoms with Gasteiger partial charge in [-0.3, -0.25) is 4.68 Å². The first-order valence-electron chi connectivity index (χ1n) is 13.5. The minimum Gasteiger partial charge on any atom is -0.377 e. The molecule has 2 aliphatic heterocycles. The van der Waals surface area contributed by atoms with Crippen LogP contribution >= 0.6 is 0 Å². The van der Waals surface area contributed by atoms with Crippen LogP contribution in [0.2, 0.25) is 0 Å². The first kappa shape index (κ1) is 23.8. The van der Waals surface area contributed by atoms with Crippen molar-refractivity contribution in [2.45, 2.75) is 32.9 Å². The van der Waals surface area contributed by atoms with Crippen molar-refractivity contribution in [1.82, 2.24) is 24.9 Å². The standard InChI is InChI=1S/C30H31N7O2/c1-19-28(20(2)39-34-19)22-9-10-25-24(15-22)29(37-13-14-38-18-27(37)21-7-5-4-6-8-21)33-30(32-25)36-12-11-23-16-31-35(3)26(23)17-36/h4-10,15-16,27H,11-14,17-18H2,1-3H3/t27-/m1/s1. The monoisotopic (exact) mass is 521 g/mol. The Morgan fingerprint density at radius 3 is 2.69 bits per heavy atom. The summed E-state index contributed by atoms with van der Waals surface area (Å²) in [6, 6.07) is 17.0. The molecule has 1 saturated heterocycles. The molecule has 9 heteroatoms. The van der Waals surface area contributed by atoms with Crippen LogP contribution in [-0.4, -0.2) is 51.2 Å². The fourth-order valence-electron chi connectivity index (χ4n) is 5.93. The van der Waals surface area contributed by atoms with Crippen LogP contribution < -0.4 is 9.80 Å². The number of morpholine rings is 1. The lowest BCUT2D eigenvalue weighted by molar-refractivity contribution is 0.0939. The molecular weight excluding hydrogens is 490 g/mol. The van der Waals surface area contributed by atoms with Crippen LogP contribution in [0.1, 0.15) is 34.3 Å². The highest BCUT2D eigenvalue weighted by atomic mass is 16.5. The Morgan fingerprint density at radius 2 is 1.87 bits per heavy atom. The van der Waals surface area contributed by atoms with E-state index in [1.165, 1.54) is 16.8 Å². The second kappa shape index (κ2) is 9.50. The second-order valence-electron chi connectivity index (χ2n) is 10.4. The highest BCUT2D eigenvalue weighted by Crippen LogP contribution is 2.38. The number of anilines is 2. The SMILES string of the molecule is Cc1noc(C)c1-c1ccc2nc(N3CCc4cnn(C)c4C3)nc(N3CCOC[C@@H]3c3ccccc3)c2c1. The highest BCUT2D eigenvalue weighted by molar-refractivity contribution is 5.94. The average molecular weight is 522 g/mol. The van der Waals surface area contributed by atoms with Crippen molar-refractivity contribution in [2.75, 3.05) is 36.1 Å². The summed E-state index contributed by atoms with van der Waals surface area (Å²) in [5, 5.41) is 9.67. The molecule has 2 aliphatic rings. The van der Waals surface area contributed by atoms with Gasteiger partial charge in [0.05, 0.1) is 48.9 Å². The van der Waals surface area contributed by atoms with E-state index in [-0.39, 0.29) is 6.04 Å². The topological polar surface area (TPSA) is 85.3 Å². The van der Waals surface area contributed by atoms with Gasteiger partial charge in [0.2, 0.25) is 5.95 Å². The van der Waals surface area contributed by atoms with Crippen LogP contribution in [0.25, 0.3) is 22.0 Å². The Morgan fingerprint density at radius 1 is 1.00 bits per heavy atom. The maximum Gasteiger partial charge on any atom is 0.228 e. The van der Waals surface area contributed by atoms with Crippen LogP contribution in [-0.2, 0) is 24.8 Å². The zero-order valence-corrected chi connectivity index (χ0v) is 22.5. The van der Waals surface area contributed by atoms with Crippen molar-refractivity contribution in [3.63, 3.8) is 0 Å². The molecule has 0 amide bonds. The summed E-state index contributed by atoms with van der Waals surface area (Å²) in [6.45, 7) is 7.52. The molecule has 0 unspecified atom stereocenters. The summed E-state index contributed by atoms with van der Waals surface area (Å²) < 4.78 is 13.4. The van der Waals surface area contributed by atoms with E-state index in [0.29, 0.717) is 13.2 Å². The number of ether oxygens (including phenoxy) is 1. The van der Waals surface area contributed by atoms with Gasteiger partial charge in [-0.1, -0.05) is 41.6 Å². The summed E-state index contributed by atoms with van der Waals surface area (Å²) >= 11 is 0. The third-order valence-corrected chi connectivity index (χ3v) is 7.99. The van der Waals surface area contributed by atoms with Gasteiger partial charge >= 0.3 is 0 Å². The van der Waals surface area contributed by atoms with Gasteiger partial charge in [0.15, 0.2) is 0 Å². The van der Waals surface area contributed by atoms with Gasteiger partial charge < -0.3 is 19.1 Å². The summed E-state index contributed by atoms with van der Waals surface area (Å²) in [5.74, 6) is 2.48. The fourth-order valence-corrected chi connectivity index (χ4v) is 5.93. The van der Waals surface area contributed by atoms with E-state index in [4.69, 9.17) is 19.2 Å². The Balaban J connectivity index is 1.39. The summed E-state index contributed by atoms with van der Waals surface area (Å²) in [4.78, 5) is 15.1. The average Bonchev–Trinajstić information content (AvgIpc) is 3.52. The van der Waals surface area contributed by atoms with Gasteiger partial charge in [0.1, 0.15) is 11.6 Å². The minimum absolute atomic E-state index is 0.0543. The van der Waals surface area contributed by atoms with E-state index in [2.05, 4.69) is 68.6 Å². The lowest BCUT2D eigenvalue weighted by atomic mass is 10.0. The third-order valence-electron chi connectivity index (χ3n) is 7.99. The van der Waals surface area contributed by atoms with Gasteiger partial charge in [-0.15, -0.1) is 0 Å². The second-order valence-corrected chi connectivity index (χ2v) is 10.4. The van der Waals surface area contributed by atoms with Gasteiger partial charge in [-0.2, -0.15) is 10.1 Å². The van der Waals surface area contributed by atoms with E-state index in [0.717, 1.165) is 71.3 Å². The number of hydrogen-bond donors (Lipinski definition) is 0. The highest BCUT2D eigenvalue weighted by Gasteiger charge is 2.30. The number of aryl methyl sites for hydroxylation is 3. The van der Waals surface area contributed by atoms with Gasteiger partial charge in [-0.25, -0.2) is 4.98 Å². The van der Waals surface area contributed by atoms with E-state index in [1.807, 2.05) is 31.8 Å². The van der Waals surface area contributed by atoms with Crippen LogP contribution in [0, 0.1) is 13.8 Å². The van der Waals surface area contributed by atoms with Crippen molar-refractivity contribution in [3.8, 4) is 11.1 Å². The first-order valence-corrected chi connectivity index (χ1v) is 13.5. The van der Waals surface area contributed by atoms with Crippen LogP contribution in [0.3, 0.4) is 0 Å². The number of benzene rings is 2. The maximum absolute atomic E-state index is 5.98. The zero-order valence-electron chi connectivity index (χ0n) is 22.5. The predicted octanol–water partition coefficient (Wildman–Crippen LogP) is 4.78. The lowest BCUT2D eigenvalue weighted by Gasteiger charge is -2.38. The molecule has 5 heterocycles. The molecule has 0 aliphatic carbocycles. The quantitative estimate of drug-likeness (QED) is 0.334. The van der Waals surface area contributed by atoms with Crippen LogP contribution in [0.4, 0.5) is 11.8 Å². The zero-order chi connectivity index (χ0) is 26.5. The molecule has 0 saturated carbocycles. The normalized spacial score (nSPS) is 17.6. The molecule has 0 spiro atoms. The molecule has 0 bridgehead atoms. The van der Waals surface area contributed by atoms with Gasteiger partial charge in [0.25, 0.3) is 0 Å². The van der Waals surface area contributed by atoms with Crippen molar-refractivity contribution < 1.29 is 9.26 Å². The van der Waals surface area contributed by atoms with E-state index < -0.39 is 0 Å². The van der Waals surface area contributed by atoms with Crippen LogP contribution in [0.5, 0.6) is 0 Å². The fraction of sp³-hybridized carbons (Fsp3) is 0.333. The number of hydrogen-bond acceptors (Lipinski definition) is 8. The number of aromatic nitrogens is 5. The summed E-state index contributed by atoms with van der Waals surface area (Å²) in [5.41, 5.74) is 7.60. The molecule has 3 aromatic heterocycles. The Bertz CT molecular complexity index is 1640. The molecule has 9 nitrogen and oxygen atoms in total. The number of nitrogens with zero attached hydrogens (tertiary/aromatic N) is 7. The van der Waals surface area contributed by atoms with Crippen molar-refractivity contribution in [1.29, 1.82) is 0 Å². The Hall–Kier alpha value is -4.24. The van der Waals surface area contributed by atoms with Gasteiger partial charge in [-0.05, 0) is 49.1 Å². The molecular formula is C30H31N7O2. The largest absolute Gasteiger partial charge is 0.377 e. The lowest BCUT2D eigenvalue weighted by Crippen LogP contribution is -2.40. The van der Waals surface area contributed by atoms with E-state index in [9.17, 15) is 0 Å². The Labute approximate surface area is 227 Å². The summed E-state index contributed by atoms with van der Waals surface area (Å²) in [7, 11) is 2.00. The predicted molar refractivity (Wildman–Crippen MR) is 150 cm³/mol. The molecule has 198 valence electrons. The molecule has 0 radical (unpaired) electrons. The maximum atomic E-state index is 5.98. The number of fused-ring (bicyclic) bond motifs is 2. The third kappa shape index (κ3) is 4.13.